The minimum atomic E-state index is -0.243. The monoisotopic (exact) mass is 288 g/mol. The van der Waals surface area contributed by atoms with Gasteiger partial charge < -0.3 is 4.74 Å². The lowest BCUT2D eigenvalue weighted by molar-refractivity contribution is 0.317. The van der Waals surface area contributed by atoms with E-state index in [2.05, 4.69) is 12.3 Å². The van der Waals surface area contributed by atoms with Crippen molar-refractivity contribution in [3.8, 4) is 5.75 Å². The molecule has 0 radical (unpaired) electrons. The Morgan fingerprint density at radius 2 is 2.05 bits per heavy atom. The number of hydrogen-bond donors (Lipinski definition) is 2. The molecule has 0 aliphatic heterocycles. The number of benzene rings is 2. The second kappa shape index (κ2) is 7.20. The van der Waals surface area contributed by atoms with Crippen LogP contribution in [0.5, 0.6) is 5.75 Å². The van der Waals surface area contributed by atoms with E-state index >= 15 is 0 Å². The van der Waals surface area contributed by atoms with Gasteiger partial charge in [-0.05, 0) is 54.3 Å². The van der Waals surface area contributed by atoms with E-state index in [0.717, 1.165) is 28.9 Å². The molecule has 0 fully saturated rings. The van der Waals surface area contributed by atoms with Crippen molar-refractivity contribution in [3.05, 3.63) is 65.0 Å². The second-order valence-electron chi connectivity index (χ2n) is 5.02. The molecule has 2 aromatic carbocycles. The highest BCUT2D eigenvalue weighted by molar-refractivity contribution is 5.39. The number of nitrogens with one attached hydrogen (secondary N) is 1. The molecule has 4 heteroatoms. The van der Waals surface area contributed by atoms with Gasteiger partial charge in [-0.3, -0.25) is 5.84 Å². The molecular formula is C17H21FN2O. The fourth-order valence-electron chi connectivity index (χ4n) is 2.33. The molecular weight excluding hydrogens is 267 g/mol. The van der Waals surface area contributed by atoms with Gasteiger partial charge in [0.25, 0.3) is 0 Å². The van der Waals surface area contributed by atoms with Crippen molar-refractivity contribution in [2.75, 3.05) is 6.61 Å². The van der Waals surface area contributed by atoms with E-state index in [0.29, 0.717) is 6.61 Å². The largest absolute Gasteiger partial charge is 0.494 e. The van der Waals surface area contributed by atoms with Gasteiger partial charge in [0.15, 0.2) is 0 Å². The first-order chi connectivity index (χ1) is 10.2. The average Bonchev–Trinajstić information content (AvgIpc) is 2.48. The summed E-state index contributed by atoms with van der Waals surface area (Å²) in [7, 11) is 0. The normalized spacial score (nSPS) is 12.2. The van der Waals surface area contributed by atoms with Gasteiger partial charge in [-0.15, -0.1) is 0 Å². The maximum atomic E-state index is 13.2. The number of hydrogen-bond acceptors (Lipinski definition) is 3. The van der Waals surface area contributed by atoms with Crippen LogP contribution in [0.4, 0.5) is 4.39 Å². The van der Waals surface area contributed by atoms with Crippen LogP contribution in [0.25, 0.3) is 0 Å². The van der Waals surface area contributed by atoms with Gasteiger partial charge in [-0.2, -0.15) is 0 Å². The Balaban J connectivity index is 2.32. The SMILES string of the molecule is CCCOc1cccc(C(NN)c2ccc(F)cc2C)c1. The Bertz CT molecular complexity index is 601. The summed E-state index contributed by atoms with van der Waals surface area (Å²) in [5, 5.41) is 0. The van der Waals surface area contributed by atoms with Crippen LogP contribution in [0.2, 0.25) is 0 Å². The maximum absolute atomic E-state index is 13.2. The zero-order chi connectivity index (χ0) is 15.2. The van der Waals surface area contributed by atoms with Crippen LogP contribution in [0, 0.1) is 12.7 Å². The van der Waals surface area contributed by atoms with Crippen molar-refractivity contribution in [1.82, 2.24) is 5.43 Å². The highest BCUT2D eigenvalue weighted by atomic mass is 19.1. The molecule has 0 saturated heterocycles. The molecule has 0 aliphatic carbocycles. The Kier molecular flexibility index (Phi) is 5.31. The molecule has 1 atom stereocenters. The topological polar surface area (TPSA) is 47.3 Å². The lowest BCUT2D eigenvalue weighted by atomic mass is 9.95. The predicted molar refractivity (Wildman–Crippen MR) is 82.5 cm³/mol. The number of rotatable bonds is 6. The second-order valence-corrected chi connectivity index (χ2v) is 5.02. The third-order valence-electron chi connectivity index (χ3n) is 3.37. The fourth-order valence-corrected chi connectivity index (χ4v) is 2.33. The van der Waals surface area contributed by atoms with Gasteiger partial charge >= 0.3 is 0 Å². The maximum Gasteiger partial charge on any atom is 0.123 e. The van der Waals surface area contributed by atoms with Gasteiger partial charge in [-0.1, -0.05) is 25.1 Å². The Morgan fingerprint density at radius 1 is 1.24 bits per heavy atom. The third-order valence-corrected chi connectivity index (χ3v) is 3.37. The molecule has 0 spiro atoms. The molecule has 1 unspecified atom stereocenters. The Morgan fingerprint density at radius 3 is 2.71 bits per heavy atom. The molecule has 0 amide bonds. The van der Waals surface area contributed by atoms with Gasteiger partial charge in [-0.25, -0.2) is 9.82 Å². The van der Waals surface area contributed by atoms with E-state index in [9.17, 15) is 4.39 Å². The highest BCUT2D eigenvalue weighted by Gasteiger charge is 2.15. The van der Waals surface area contributed by atoms with Crippen molar-refractivity contribution in [1.29, 1.82) is 0 Å². The van der Waals surface area contributed by atoms with E-state index < -0.39 is 0 Å². The Hall–Kier alpha value is -1.91. The van der Waals surface area contributed by atoms with E-state index in [-0.39, 0.29) is 11.9 Å². The number of hydrazine groups is 1. The molecule has 3 nitrogen and oxygen atoms in total. The zero-order valence-electron chi connectivity index (χ0n) is 12.4. The first-order valence-corrected chi connectivity index (χ1v) is 7.10. The summed E-state index contributed by atoms with van der Waals surface area (Å²) in [5.41, 5.74) is 5.60. The van der Waals surface area contributed by atoms with Crippen molar-refractivity contribution in [3.63, 3.8) is 0 Å². The van der Waals surface area contributed by atoms with Crippen molar-refractivity contribution in [2.45, 2.75) is 26.3 Å². The summed E-state index contributed by atoms with van der Waals surface area (Å²) >= 11 is 0. The highest BCUT2D eigenvalue weighted by Crippen LogP contribution is 2.27. The number of nitrogens with two attached hydrogens (primary N) is 1. The molecule has 0 heterocycles. The summed E-state index contributed by atoms with van der Waals surface area (Å²) in [6, 6.07) is 12.3. The first-order valence-electron chi connectivity index (χ1n) is 7.10. The van der Waals surface area contributed by atoms with Crippen LogP contribution < -0.4 is 16.0 Å². The predicted octanol–water partition coefficient (Wildman–Crippen LogP) is 3.48. The minimum absolute atomic E-state index is 0.198. The van der Waals surface area contributed by atoms with Crippen molar-refractivity contribution in [2.24, 2.45) is 5.84 Å². The van der Waals surface area contributed by atoms with Crippen LogP contribution >= 0.6 is 0 Å². The van der Waals surface area contributed by atoms with Crippen molar-refractivity contribution >= 4 is 0 Å². The molecule has 0 saturated carbocycles. The van der Waals surface area contributed by atoms with Gasteiger partial charge in [0.2, 0.25) is 0 Å². The van der Waals surface area contributed by atoms with Crippen LogP contribution in [0.15, 0.2) is 42.5 Å². The van der Waals surface area contributed by atoms with E-state index in [1.54, 1.807) is 6.07 Å². The molecule has 2 aromatic rings. The van der Waals surface area contributed by atoms with Crippen LogP contribution in [-0.4, -0.2) is 6.61 Å². The molecule has 0 bridgehead atoms. The number of ether oxygens (including phenoxy) is 1. The average molecular weight is 288 g/mol. The molecule has 0 aliphatic rings. The van der Waals surface area contributed by atoms with Crippen LogP contribution in [0.3, 0.4) is 0 Å². The van der Waals surface area contributed by atoms with Crippen LogP contribution in [-0.2, 0) is 0 Å². The van der Waals surface area contributed by atoms with Crippen LogP contribution in [0.1, 0.15) is 36.1 Å². The lowest BCUT2D eigenvalue weighted by Gasteiger charge is -2.20. The third kappa shape index (κ3) is 3.80. The Labute approximate surface area is 124 Å². The van der Waals surface area contributed by atoms with Gasteiger partial charge in [0, 0.05) is 0 Å². The molecule has 21 heavy (non-hydrogen) atoms. The molecule has 3 N–H and O–H groups in total. The summed E-state index contributed by atoms with van der Waals surface area (Å²) in [6.45, 7) is 4.62. The van der Waals surface area contributed by atoms with E-state index in [4.69, 9.17) is 10.6 Å². The summed E-state index contributed by atoms with van der Waals surface area (Å²) in [5.74, 6) is 6.28. The minimum Gasteiger partial charge on any atom is -0.494 e. The first kappa shape index (κ1) is 15.5. The summed E-state index contributed by atoms with van der Waals surface area (Å²) in [4.78, 5) is 0. The zero-order valence-corrected chi connectivity index (χ0v) is 12.4. The number of aryl methyl sites for hydroxylation is 1. The molecule has 2 rings (SSSR count). The quantitative estimate of drug-likeness (QED) is 0.632. The molecule has 112 valence electrons. The lowest BCUT2D eigenvalue weighted by Crippen LogP contribution is -2.29. The fraction of sp³-hybridized carbons (Fsp3) is 0.294. The smallest absolute Gasteiger partial charge is 0.123 e. The van der Waals surface area contributed by atoms with E-state index in [1.807, 2.05) is 31.2 Å². The van der Waals surface area contributed by atoms with Crippen molar-refractivity contribution < 1.29 is 9.13 Å². The summed E-state index contributed by atoms with van der Waals surface area (Å²) in [6.07, 6.45) is 0.958. The molecule has 0 aromatic heterocycles. The number of halogens is 1. The van der Waals surface area contributed by atoms with Gasteiger partial charge in [0.05, 0.1) is 12.6 Å². The summed E-state index contributed by atoms with van der Waals surface area (Å²) < 4.78 is 18.9. The van der Waals surface area contributed by atoms with E-state index in [1.165, 1.54) is 12.1 Å². The van der Waals surface area contributed by atoms with Gasteiger partial charge in [0.1, 0.15) is 11.6 Å². The standard InChI is InChI=1S/C17H21FN2O/c1-3-9-21-15-6-4-5-13(11-15)17(20-19)16-8-7-14(18)10-12(16)2/h4-8,10-11,17,20H,3,9,19H2,1-2H3.